The molecule has 0 spiro atoms. The minimum atomic E-state index is -0.0585. The number of ether oxygens (including phenoxy) is 3. The Bertz CT molecular complexity index is 159. The average Bonchev–Trinajstić information content (AvgIpc) is 2.32. The van der Waals surface area contributed by atoms with E-state index in [1.165, 1.54) is 0 Å². The number of hydrogen-bond acceptors (Lipinski definition) is 4. The van der Waals surface area contributed by atoms with Crippen LogP contribution in [0.2, 0.25) is 0 Å². The third-order valence-corrected chi connectivity index (χ3v) is 2.46. The molecule has 0 aromatic carbocycles. The van der Waals surface area contributed by atoms with Gasteiger partial charge in [0.1, 0.15) is 0 Å². The van der Waals surface area contributed by atoms with Crippen LogP contribution in [0.5, 0.6) is 0 Å². The summed E-state index contributed by atoms with van der Waals surface area (Å²) in [6.07, 6.45) is 3.46. The van der Waals surface area contributed by atoms with Gasteiger partial charge in [-0.3, -0.25) is 0 Å². The molecule has 0 unspecified atom stereocenters. The summed E-state index contributed by atoms with van der Waals surface area (Å²) in [4.78, 5) is 0. The summed E-state index contributed by atoms with van der Waals surface area (Å²) in [7, 11) is 0. The predicted molar refractivity (Wildman–Crippen MR) is 74.8 cm³/mol. The molecule has 0 fully saturated rings. The van der Waals surface area contributed by atoms with Crippen LogP contribution >= 0.6 is 0 Å². The Balaban J connectivity index is 3.26. The first-order valence-corrected chi connectivity index (χ1v) is 7.26. The van der Waals surface area contributed by atoms with Crippen molar-refractivity contribution < 1.29 is 14.2 Å². The van der Waals surface area contributed by atoms with Crippen molar-refractivity contribution in [3.63, 3.8) is 0 Å². The van der Waals surface area contributed by atoms with Gasteiger partial charge in [0.15, 0.2) is 6.29 Å². The second-order valence-electron chi connectivity index (χ2n) is 4.51. The lowest BCUT2D eigenvalue weighted by Crippen LogP contribution is -2.25. The molecule has 0 bridgehead atoms. The zero-order valence-electron chi connectivity index (χ0n) is 12.5. The number of rotatable bonds is 13. The molecule has 0 saturated heterocycles. The Labute approximate surface area is 112 Å². The van der Waals surface area contributed by atoms with Crippen LogP contribution in [0.1, 0.15) is 47.0 Å². The zero-order valence-corrected chi connectivity index (χ0v) is 12.5. The van der Waals surface area contributed by atoms with Crippen LogP contribution in [0.3, 0.4) is 0 Å². The van der Waals surface area contributed by atoms with Gasteiger partial charge >= 0.3 is 0 Å². The van der Waals surface area contributed by atoms with E-state index in [-0.39, 0.29) is 6.29 Å². The smallest absolute Gasteiger partial charge is 0.158 e. The molecular formula is C14H31NO3. The third-order valence-electron chi connectivity index (χ3n) is 2.46. The van der Waals surface area contributed by atoms with Crippen LogP contribution in [-0.4, -0.2) is 45.3 Å². The molecule has 0 aromatic rings. The summed E-state index contributed by atoms with van der Waals surface area (Å²) in [5.41, 5.74) is 0. The molecule has 0 radical (unpaired) electrons. The average molecular weight is 261 g/mol. The molecule has 4 heteroatoms. The molecule has 0 aromatic heterocycles. The molecule has 0 aliphatic heterocycles. The molecule has 0 heterocycles. The minimum Gasteiger partial charge on any atom is -0.379 e. The first kappa shape index (κ1) is 17.8. The summed E-state index contributed by atoms with van der Waals surface area (Å²) in [5, 5.41) is 3.41. The second-order valence-corrected chi connectivity index (χ2v) is 4.51. The highest BCUT2D eigenvalue weighted by molar-refractivity contribution is 4.52. The standard InChI is InChI=1S/C14H31NO3/c1-5-16-14(17-6-2)9-11-15-10-7-8-12-18-13(3)4/h13-15H,5-12H2,1-4H3. The van der Waals surface area contributed by atoms with E-state index >= 15 is 0 Å². The molecule has 0 amide bonds. The van der Waals surface area contributed by atoms with E-state index in [1.54, 1.807) is 0 Å². The quantitative estimate of drug-likeness (QED) is 0.408. The van der Waals surface area contributed by atoms with Crippen molar-refractivity contribution in [1.29, 1.82) is 0 Å². The van der Waals surface area contributed by atoms with Gasteiger partial charge in [-0.15, -0.1) is 0 Å². The molecule has 0 saturated carbocycles. The van der Waals surface area contributed by atoms with Crippen LogP contribution < -0.4 is 5.32 Å². The highest BCUT2D eigenvalue weighted by atomic mass is 16.7. The predicted octanol–water partition coefficient (Wildman–Crippen LogP) is 2.57. The van der Waals surface area contributed by atoms with Crippen molar-refractivity contribution in [1.82, 2.24) is 5.32 Å². The lowest BCUT2D eigenvalue weighted by molar-refractivity contribution is -0.138. The van der Waals surface area contributed by atoms with Gasteiger partial charge in [0, 0.05) is 26.2 Å². The molecule has 0 aliphatic rings. The fourth-order valence-electron chi connectivity index (χ4n) is 1.60. The van der Waals surface area contributed by atoms with Gasteiger partial charge in [0.2, 0.25) is 0 Å². The third kappa shape index (κ3) is 12.3. The largest absolute Gasteiger partial charge is 0.379 e. The van der Waals surface area contributed by atoms with E-state index in [4.69, 9.17) is 14.2 Å². The Hall–Kier alpha value is -0.160. The molecule has 110 valence electrons. The summed E-state index contributed by atoms with van der Waals surface area (Å²) in [5.74, 6) is 0. The van der Waals surface area contributed by atoms with E-state index in [1.807, 2.05) is 13.8 Å². The lowest BCUT2D eigenvalue weighted by atomic mass is 10.3. The van der Waals surface area contributed by atoms with Gasteiger partial charge in [0.25, 0.3) is 0 Å². The molecule has 4 nitrogen and oxygen atoms in total. The van der Waals surface area contributed by atoms with Crippen LogP contribution in [0, 0.1) is 0 Å². The van der Waals surface area contributed by atoms with Crippen LogP contribution in [0.25, 0.3) is 0 Å². The van der Waals surface area contributed by atoms with E-state index in [0.29, 0.717) is 19.3 Å². The Morgan fingerprint density at radius 2 is 1.56 bits per heavy atom. The van der Waals surface area contributed by atoms with Gasteiger partial charge in [-0.1, -0.05) is 0 Å². The maximum absolute atomic E-state index is 5.48. The fraction of sp³-hybridized carbons (Fsp3) is 1.00. The summed E-state index contributed by atoms with van der Waals surface area (Å²) in [6, 6.07) is 0. The molecule has 0 atom stereocenters. The number of nitrogens with one attached hydrogen (secondary N) is 1. The summed E-state index contributed by atoms with van der Waals surface area (Å²) < 4.78 is 16.4. The van der Waals surface area contributed by atoms with Crippen LogP contribution in [0.4, 0.5) is 0 Å². The van der Waals surface area contributed by atoms with Gasteiger partial charge in [-0.05, 0) is 53.6 Å². The molecule has 0 aliphatic carbocycles. The van der Waals surface area contributed by atoms with Crippen molar-refractivity contribution >= 4 is 0 Å². The zero-order chi connectivity index (χ0) is 13.6. The fourth-order valence-corrected chi connectivity index (χ4v) is 1.60. The summed E-state index contributed by atoms with van der Waals surface area (Å²) in [6.45, 7) is 12.4. The van der Waals surface area contributed by atoms with Gasteiger partial charge < -0.3 is 19.5 Å². The van der Waals surface area contributed by atoms with Gasteiger partial charge in [0.05, 0.1) is 6.10 Å². The van der Waals surface area contributed by atoms with E-state index in [9.17, 15) is 0 Å². The van der Waals surface area contributed by atoms with Crippen molar-refractivity contribution in [2.45, 2.75) is 59.4 Å². The highest BCUT2D eigenvalue weighted by Crippen LogP contribution is 2.00. The number of hydrogen-bond donors (Lipinski definition) is 1. The SMILES string of the molecule is CCOC(CCNCCCCOC(C)C)OCC. The molecule has 1 N–H and O–H groups in total. The minimum absolute atomic E-state index is 0.0585. The molecular weight excluding hydrogens is 230 g/mol. The van der Waals surface area contributed by atoms with Crippen molar-refractivity contribution in [2.75, 3.05) is 32.9 Å². The van der Waals surface area contributed by atoms with E-state index < -0.39 is 0 Å². The van der Waals surface area contributed by atoms with Crippen molar-refractivity contribution in [2.24, 2.45) is 0 Å². The van der Waals surface area contributed by atoms with Crippen LogP contribution in [-0.2, 0) is 14.2 Å². The van der Waals surface area contributed by atoms with Crippen molar-refractivity contribution in [3.8, 4) is 0 Å². The van der Waals surface area contributed by atoms with Crippen LogP contribution in [0.15, 0.2) is 0 Å². The highest BCUT2D eigenvalue weighted by Gasteiger charge is 2.06. The number of unbranched alkanes of at least 4 members (excludes halogenated alkanes) is 1. The maximum atomic E-state index is 5.48. The first-order chi connectivity index (χ1) is 8.70. The maximum Gasteiger partial charge on any atom is 0.158 e. The monoisotopic (exact) mass is 261 g/mol. The summed E-state index contributed by atoms with van der Waals surface area (Å²) >= 11 is 0. The lowest BCUT2D eigenvalue weighted by Gasteiger charge is -2.17. The second kappa shape index (κ2) is 13.3. The van der Waals surface area contributed by atoms with Gasteiger partial charge in [-0.25, -0.2) is 0 Å². The Morgan fingerprint density at radius 3 is 2.11 bits per heavy atom. The van der Waals surface area contributed by atoms with E-state index in [0.717, 1.165) is 39.0 Å². The normalized spacial score (nSPS) is 11.7. The Kier molecular flexibility index (Phi) is 13.2. The topological polar surface area (TPSA) is 39.7 Å². The Morgan fingerprint density at radius 1 is 0.889 bits per heavy atom. The molecule has 18 heavy (non-hydrogen) atoms. The van der Waals surface area contributed by atoms with Gasteiger partial charge in [-0.2, -0.15) is 0 Å². The van der Waals surface area contributed by atoms with E-state index in [2.05, 4.69) is 19.2 Å². The first-order valence-electron chi connectivity index (χ1n) is 7.26. The molecule has 0 rings (SSSR count). The van der Waals surface area contributed by atoms with Crippen molar-refractivity contribution in [3.05, 3.63) is 0 Å².